The molecule has 2 rings (SSSR count). The molecular formula is C17H23NO2S. The summed E-state index contributed by atoms with van der Waals surface area (Å²) in [5.74, 6) is 0.832. The number of hydrogen-bond donors (Lipinski definition) is 2. The first-order valence-corrected chi connectivity index (χ1v) is 8.04. The minimum absolute atomic E-state index is 0.247. The minimum atomic E-state index is -0.520. The third kappa shape index (κ3) is 4.84. The van der Waals surface area contributed by atoms with Crippen LogP contribution in [0.15, 0.2) is 36.4 Å². The van der Waals surface area contributed by atoms with Crippen molar-refractivity contribution in [2.24, 2.45) is 0 Å². The van der Waals surface area contributed by atoms with Crippen molar-refractivity contribution in [3.63, 3.8) is 0 Å². The summed E-state index contributed by atoms with van der Waals surface area (Å²) >= 11 is 1.78. The molecule has 4 heteroatoms. The quantitative estimate of drug-likeness (QED) is 0.823. The van der Waals surface area contributed by atoms with Gasteiger partial charge in [0.25, 0.3) is 0 Å². The Bertz CT molecular complexity index is 567. The summed E-state index contributed by atoms with van der Waals surface area (Å²) in [7, 11) is 0. The standard InChI is InChI=1S/C17H23NO2S/c1-12-6-4-5-7-16(12)20-11-15(19)10-18-14(3)17-9-8-13(2)21-17/h4-9,14-15,18-19H,10-11H2,1-3H3. The van der Waals surface area contributed by atoms with E-state index in [2.05, 4.69) is 31.3 Å². The molecular weight excluding hydrogens is 282 g/mol. The Morgan fingerprint density at radius 1 is 1.19 bits per heavy atom. The Balaban J connectivity index is 1.75. The number of aliphatic hydroxyl groups is 1. The zero-order chi connectivity index (χ0) is 15.2. The third-order valence-corrected chi connectivity index (χ3v) is 4.56. The fourth-order valence-corrected chi connectivity index (χ4v) is 2.97. The van der Waals surface area contributed by atoms with Gasteiger partial charge in [-0.05, 0) is 44.5 Å². The normalized spacial score (nSPS) is 13.9. The van der Waals surface area contributed by atoms with Crippen molar-refractivity contribution in [3.05, 3.63) is 51.7 Å². The fraction of sp³-hybridized carbons (Fsp3) is 0.412. The smallest absolute Gasteiger partial charge is 0.122 e. The number of aryl methyl sites for hydroxylation is 2. The molecule has 2 unspecified atom stereocenters. The Kier molecular flexibility index (Phi) is 5.79. The number of nitrogens with one attached hydrogen (secondary N) is 1. The Morgan fingerprint density at radius 2 is 1.95 bits per heavy atom. The average Bonchev–Trinajstić information content (AvgIpc) is 2.90. The highest BCUT2D eigenvalue weighted by atomic mass is 32.1. The lowest BCUT2D eigenvalue weighted by Gasteiger charge is -2.17. The van der Waals surface area contributed by atoms with Crippen LogP contribution in [0.2, 0.25) is 0 Å². The number of aliphatic hydroxyl groups excluding tert-OH is 1. The third-order valence-electron chi connectivity index (χ3n) is 3.37. The number of thiophene rings is 1. The molecule has 1 heterocycles. The second-order valence-electron chi connectivity index (χ2n) is 5.31. The number of hydrogen-bond acceptors (Lipinski definition) is 4. The van der Waals surface area contributed by atoms with Crippen LogP contribution in [0.5, 0.6) is 5.75 Å². The van der Waals surface area contributed by atoms with E-state index in [0.29, 0.717) is 13.2 Å². The van der Waals surface area contributed by atoms with E-state index < -0.39 is 6.10 Å². The van der Waals surface area contributed by atoms with Crippen molar-refractivity contribution in [3.8, 4) is 5.75 Å². The van der Waals surface area contributed by atoms with Crippen LogP contribution in [0.4, 0.5) is 0 Å². The minimum Gasteiger partial charge on any atom is -0.491 e. The van der Waals surface area contributed by atoms with Gasteiger partial charge in [0, 0.05) is 22.3 Å². The van der Waals surface area contributed by atoms with Gasteiger partial charge >= 0.3 is 0 Å². The monoisotopic (exact) mass is 305 g/mol. The van der Waals surface area contributed by atoms with Gasteiger partial charge in [-0.2, -0.15) is 0 Å². The van der Waals surface area contributed by atoms with Crippen LogP contribution in [0, 0.1) is 13.8 Å². The highest BCUT2D eigenvalue weighted by molar-refractivity contribution is 7.12. The van der Waals surface area contributed by atoms with Crippen molar-refractivity contribution in [2.45, 2.75) is 32.9 Å². The largest absolute Gasteiger partial charge is 0.491 e. The molecule has 2 N–H and O–H groups in total. The number of rotatable bonds is 7. The molecule has 0 bridgehead atoms. The molecule has 2 aromatic rings. The maximum absolute atomic E-state index is 10.0. The molecule has 0 aliphatic rings. The highest BCUT2D eigenvalue weighted by Gasteiger charge is 2.11. The average molecular weight is 305 g/mol. The Labute approximate surface area is 130 Å². The van der Waals surface area contributed by atoms with Gasteiger partial charge in [0.15, 0.2) is 0 Å². The van der Waals surface area contributed by atoms with E-state index in [0.717, 1.165) is 11.3 Å². The molecule has 0 saturated heterocycles. The lowest BCUT2D eigenvalue weighted by Crippen LogP contribution is -2.32. The molecule has 0 saturated carbocycles. The van der Waals surface area contributed by atoms with Crippen molar-refractivity contribution >= 4 is 11.3 Å². The molecule has 0 aliphatic carbocycles. The summed E-state index contributed by atoms with van der Waals surface area (Å²) in [6.07, 6.45) is -0.520. The van der Waals surface area contributed by atoms with Gasteiger partial charge in [0.2, 0.25) is 0 Å². The first kappa shape index (κ1) is 16.0. The SMILES string of the molecule is Cc1ccc(C(C)NCC(O)COc2ccccc2C)s1. The van der Waals surface area contributed by atoms with Gasteiger partial charge in [-0.25, -0.2) is 0 Å². The van der Waals surface area contributed by atoms with Gasteiger partial charge < -0.3 is 15.2 Å². The first-order valence-electron chi connectivity index (χ1n) is 7.22. The van der Waals surface area contributed by atoms with Crippen molar-refractivity contribution in [1.82, 2.24) is 5.32 Å². The van der Waals surface area contributed by atoms with Gasteiger partial charge in [0.05, 0.1) is 0 Å². The maximum Gasteiger partial charge on any atom is 0.122 e. The summed E-state index contributed by atoms with van der Waals surface area (Å²) in [6, 6.07) is 12.3. The predicted octanol–water partition coefficient (Wildman–Crippen LogP) is 3.46. The predicted molar refractivity (Wildman–Crippen MR) is 88.2 cm³/mol. The van der Waals surface area contributed by atoms with Crippen LogP contribution in [0.3, 0.4) is 0 Å². The molecule has 0 spiro atoms. The van der Waals surface area contributed by atoms with Gasteiger partial charge in [-0.1, -0.05) is 18.2 Å². The van der Waals surface area contributed by atoms with E-state index >= 15 is 0 Å². The van der Waals surface area contributed by atoms with Crippen molar-refractivity contribution < 1.29 is 9.84 Å². The summed E-state index contributed by atoms with van der Waals surface area (Å²) < 4.78 is 5.65. The van der Waals surface area contributed by atoms with E-state index in [1.807, 2.05) is 31.2 Å². The highest BCUT2D eigenvalue weighted by Crippen LogP contribution is 2.22. The Hall–Kier alpha value is -1.36. The lowest BCUT2D eigenvalue weighted by molar-refractivity contribution is 0.104. The topological polar surface area (TPSA) is 41.5 Å². The van der Waals surface area contributed by atoms with E-state index in [-0.39, 0.29) is 6.04 Å². The van der Waals surface area contributed by atoms with E-state index in [4.69, 9.17) is 4.74 Å². The van der Waals surface area contributed by atoms with Crippen LogP contribution in [-0.4, -0.2) is 24.4 Å². The van der Waals surface area contributed by atoms with E-state index in [1.165, 1.54) is 9.75 Å². The first-order chi connectivity index (χ1) is 10.1. The number of ether oxygens (including phenoxy) is 1. The zero-order valence-electron chi connectivity index (χ0n) is 12.8. The molecule has 0 aliphatic heterocycles. The molecule has 114 valence electrons. The van der Waals surface area contributed by atoms with E-state index in [1.54, 1.807) is 11.3 Å². The van der Waals surface area contributed by atoms with Crippen LogP contribution >= 0.6 is 11.3 Å². The van der Waals surface area contributed by atoms with E-state index in [9.17, 15) is 5.11 Å². The van der Waals surface area contributed by atoms with Crippen LogP contribution in [0.25, 0.3) is 0 Å². The molecule has 2 atom stereocenters. The van der Waals surface area contributed by atoms with Crippen LogP contribution in [0.1, 0.15) is 28.3 Å². The molecule has 1 aromatic carbocycles. The summed E-state index contributed by atoms with van der Waals surface area (Å²) in [4.78, 5) is 2.60. The van der Waals surface area contributed by atoms with Crippen molar-refractivity contribution in [2.75, 3.05) is 13.2 Å². The van der Waals surface area contributed by atoms with Gasteiger partial charge in [-0.15, -0.1) is 11.3 Å². The second-order valence-corrected chi connectivity index (χ2v) is 6.63. The van der Waals surface area contributed by atoms with Crippen LogP contribution < -0.4 is 10.1 Å². The number of para-hydroxylation sites is 1. The molecule has 21 heavy (non-hydrogen) atoms. The fourth-order valence-electron chi connectivity index (χ4n) is 2.06. The molecule has 0 amide bonds. The molecule has 3 nitrogen and oxygen atoms in total. The molecule has 0 fully saturated rings. The summed E-state index contributed by atoms with van der Waals surface area (Å²) in [5.41, 5.74) is 1.08. The summed E-state index contributed by atoms with van der Waals surface area (Å²) in [6.45, 7) is 7.03. The molecule has 1 aromatic heterocycles. The molecule has 0 radical (unpaired) electrons. The Morgan fingerprint density at radius 3 is 2.62 bits per heavy atom. The number of benzene rings is 1. The van der Waals surface area contributed by atoms with Gasteiger partial charge in [-0.3, -0.25) is 0 Å². The van der Waals surface area contributed by atoms with Crippen LogP contribution in [-0.2, 0) is 0 Å². The lowest BCUT2D eigenvalue weighted by atomic mass is 10.2. The van der Waals surface area contributed by atoms with Crippen molar-refractivity contribution in [1.29, 1.82) is 0 Å². The maximum atomic E-state index is 10.0. The van der Waals surface area contributed by atoms with Gasteiger partial charge in [0.1, 0.15) is 18.5 Å². The zero-order valence-corrected chi connectivity index (χ0v) is 13.6. The summed E-state index contributed by atoms with van der Waals surface area (Å²) in [5, 5.41) is 13.4. The second kappa shape index (κ2) is 7.59.